The fraction of sp³-hybridized carbons (Fsp3) is 0.200. The van der Waals surface area contributed by atoms with Crippen molar-refractivity contribution in [2.24, 2.45) is 0 Å². The number of anilines is 1. The van der Waals surface area contributed by atoms with Gasteiger partial charge >= 0.3 is 0 Å². The molecule has 0 aliphatic heterocycles. The van der Waals surface area contributed by atoms with Gasteiger partial charge in [-0.3, -0.25) is 4.79 Å². The van der Waals surface area contributed by atoms with E-state index in [-0.39, 0.29) is 11.7 Å². The minimum Gasteiger partial charge on any atom is -0.307 e. The van der Waals surface area contributed by atoms with Gasteiger partial charge in [0.2, 0.25) is 0 Å². The second-order valence-electron chi connectivity index (χ2n) is 4.59. The molecule has 1 heterocycles. The lowest BCUT2D eigenvalue weighted by Gasteiger charge is -2.07. The molecule has 1 N–H and O–H groups in total. The molecule has 3 nitrogen and oxygen atoms in total. The lowest BCUT2D eigenvalue weighted by Crippen LogP contribution is -2.13. The molecule has 0 spiro atoms. The Kier molecular flexibility index (Phi) is 3.60. The minimum atomic E-state index is -0.318. The fourth-order valence-electron chi connectivity index (χ4n) is 1.88. The average Bonchev–Trinajstić information content (AvgIpc) is 2.31. The number of hydrogen-bond acceptors (Lipinski definition) is 2. The summed E-state index contributed by atoms with van der Waals surface area (Å²) in [6.07, 6.45) is 0. The van der Waals surface area contributed by atoms with Crippen LogP contribution in [0.4, 0.5) is 10.2 Å². The lowest BCUT2D eigenvalue weighted by atomic mass is 10.1. The summed E-state index contributed by atoms with van der Waals surface area (Å²) in [7, 11) is 0. The molecule has 1 amide bonds. The Morgan fingerprint density at radius 3 is 2.53 bits per heavy atom. The first kappa shape index (κ1) is 13.2. The van der Waals surface area contributed by atoms with Crippen LogP contribution in [-0.4, -0.2) is 10.9 Å². The zero-order valence-corrected chi connectivity index (χ0v) is 11.1. The van der Waals surface area contributed by atoms with Gasteiger partial charge in [0.15, 0.2) is 0 Å². The van der Waals surface area contributed by atoms with Crippen molar-refractivity contribution in [3.63, 3.8) is 0 Å². The molecular weight excluding hydrogens is 243 g/mol. The Balaban J connectivity index is 2.22. The highest BCUT2D eigenvalue weighted by atomic mass is 19.1. The summed E-state index contributed by atoms with van der Waals surface area (Å²) in [5, 5.41) is 2.71. The monoisotopic (exact) mass is 258 g/mol. The average molecular weight is 258 g/mol. The first-order valence-electron chi connectivity index (χ1n) is 5.98. The largest absolute Gasteiger partial charge is 0.307 e. The molecule has 0 atom stereocenters. The summed E-state index contributed by atoms with van der Waals surface area (Å²) in [6.45, 7) is 5.43. The predicted molar refractivity (Wildman–Crippen MR) is 72.8 cm³/mol. The summed E-state index contributed by atoms with van der Waals surface area (Å²) in [5.41, 5.74) is 2.73. The van der Waals surface area contributed by atoms with Gasteiger partial charge in [0.05, 0.1) is 0 Å². The highest BCUT2D eigenvalue weighted by Crippen LogP contribution is 2.13. The van der Waals surface area contributed by atoms with Crippen LogP contribution >= 0.6 is 0 Å². The summed E-state index contributed by atoms with van der Waals surface area (Å²) in [4.78, 5) is 16.3. The molecule has 0 aliphatic carbocycles. The third-order valence-electron chi connectivity index (χ3n) is 2.76. The Hall–Kier alpha value is -2.23. The van der Waals surface area contributed by atoms with Crippen LogP contribution in [0.5, 0.6) is 0 Å². The molecule has 1 aromatic heterocycles. The summed E-state index contributed by atoms with van der Waals surface area (Å²) >= 11 is 0. The summed E-state index contributed by atoms with van der Waals surface area (Å²) < 4.78 is 13.2. The molecule has 0 unspecified atom stereocenters. The minimum absolute atomic E-state index is 0.291. The molecule has 0 radical (unpaired) electrons. The van der Waals surface area contributed by atoms with Gasteiger partial charge < -0.3 is 5.32 Å². The number of rotatable bonds is 2. The van der Waals surface area contributed by atoms with Gasteiger partial charge in [-0.1, -0.05) is 0 Å². The number of amides is 1. The van der Waals surface area contributed by atoms with Crippen LogP contribution < -0.4 is 5.32 Å². The van der Waals surface area contributed by atoms with Gasteiger partial charge in [0.25, 0.3) is 5.91 Å². The van der Waals surface area contributed by atoms with E-state index < -0.39 is 0 Å². The van der Waals surface area contributed by atoms with Crippen molar-refractivity contribution in [3.8, 4) is 0 Å². The molecule has 0 saturated carbocycles. The van der Waals surface area contributed by atoms with Crippen molar-refractivity contribution in [1.29, 1.82) is 0 Å². The zero-order chi connectivity index (χ0) is 14.0. The molecule has 0 saturated heterocycles. The van der Waals surface area contributed by atoms with E-state index in [0.29, 0.717) is 16.9 Å². The standard InChI is InChI=1S/C15H15FN2O/c1-9-6-11(3)17-14(7-9)18-15(19)12-4-5-13(16)10(2)8-12/h4-8H,1-3H3,(H,17,18,19). The lowest BCUT2D eigenvalue weighted by molar-refractivity contribution is 0.102. The fourth-order valence-corrected chi connectivity index (χ4v) is 1.88. The van der Waals surface area contributed by atoms with Crippen LogP contribution in [0, 0.1) is 26.6 Å². The molecule has 0 fully saturated rings. The van der Waals surface area contributed by atoms with Crippen LogP contribution in [0.25, 0.3) is 0 Å². The van der Waals surface area contributed by atoms with Gasteiger partial charge in [-0.2, -0.15) is 0 Å². The second-order valence-corrected chi connectivity index (χ2v) is 4.59. The predicted octanol–water partition coefficient (Wildman–Crippen LogP) is 3.40. The number of carbonyl (C=O) groups excluding carboxylic acids is 1. The first-order chi connectivity index (χ1) is 8.95. The van der Waals surface area contributed by atoms with Crippen molar-refractivity contribution in [2.75, 3.05) is 5.32 Å². The van der Waals surface area contributed by atoms with Gasteiger partial charge in [-0.05, 0) is 62.2 Å². The normalized spacial score (nSPS) is 10.3. The maximum atomic E-state index is 13.2. The van der Waals surface area contributed by atoms with Crippen molar-refractivity contribution < 1.29 is 9.18 Å². The van der Waals surface area contributed by atoms with Crippen molar-refractivity contribution in [3.05, 3.63) is 58.5 Å². The highest BCUT2D eigenvalue weighted by molar-refractivity contribution is 6.03. The maximum absolute atomic E-state index is 13.2. The van der Waals surface area contributed by atoms with Crippen LogP contribution in [0.1, 0.15) is 27.2 Å². The van der Waals surface area contributed by atoms with E-state index in [0.717, 1.165) is 11.3 Å². The van der Waals surface area contributed by atoms with E-state index in [1.165, 1.54) is 18.2 Å². The summed E-state index contributed by atoms with van der Waals surface area (Å²) in [6, 6.07) is 7.99. The number of benzene rings is 1. The SMILES string of the molecule is Cc1cc(C)nc(NC(=O)c2ccc(F)c(C)c2)c1. The van der Waals surface area contributed by atoms with Crippen molar-refractivity contribution >= 4 is 11.7 Å². The van der Waals surface area contributed by atoms with E-state index in [4.69, 9.17) is 0 Å². The van der Waals surface area contributed by atoms with Crippen molar-refractivity contribution in [2.45, 2.75) is 20.8 Å². The van der Waals surface area contributed by atoms with E-state index >= 15 is 0 Å². The number of halogens is 1. The number of pyridine rings is 1. The summed E-state index contributed by atoms with van der Waals surface area (Å²) in [5.74, 6) is -0.105. The topological polar surface area (TPSA) is 42.0 Å². The molecule has 4 heteroatoms. The van der Waals surface area contributed by atoms with Crippen LogP contribution in [0.2, 0.25) is 0 Å². The van der Waals surface area contributed by atoms with E-state index in [9.17, 15) is 9.18 Å². The molecule has 0 aliphatic rings. The Morgan fingerprint density at radius 1 is 1.16 bits per heavy atom. The van der Waals surface area contributed by atoms with E-state index in [1.807, 2.05) is 19.9 Å². The Bertz CT molecular complexity index is 618. The van der Waals surface area contributed by atoms with Crippen LogP contribution in [0.3, 0.4) is 0 Å². The first-order valence-corrected chi connectivity index (χ1v) is 5.98. The third kappa shape index (κ3) is 3.16. The Labute approximate surface area is 111 Å². The molecule has 98 valence electrons. The van der Waals surface area contributed by atoms with Gasteiger partial charge in [-0.25, -0.2) is 9.37 Å². The van der Waals surface area contributed by atoms with Gasteiger partial charge in [0, 0.05) is 11.3 Å². The molecule has 1 aromatic carbocycles. The van der Waals surface area contributed by atoms with Crippen LogP contribution in [-0.2, 0) is 0 Å². The van der Waals surface area contributed by atoms with Gasteiger partial charge in [0.1, 0.15) is 11.6 Å². The molecule has 2 aromatic rings. The Morgan fingerprint density at radius 2 is 1.89 bits per heavy atom. The van der Waals surface area contributed by atoms with E-state index in [1.54, 1.807) is 13.0 Å². The van der Waals surface area contributed by atoms with Gasteiger partial charge in [-0.15, -0.1) is 0 Å². The number of nitrogens with one attached hydrogen (secondary N) is 1. The number of carbonyl (C=O) groups is 1. The second kappa shape index (κ2) is 5.18. The van der Waals surface area contributed by atoms with E-state index in [2.05, 4.69) is 10.3 Å². The number of aromatic nitrogens is 1. The van der Waals surface area contributed by atoms with Crippen molar-refractivity contribution in [1.82, 2.24) is 4.98 Å². The zero-order valence-electron chi connectivity index (χ0n) is 11.1. The molecule has 19 heavy (non-hydrogen) atoms. The number of aryl methyl sites for hydroxylation is 3. The quantitative estimate of drug-likeness (QED) is 0.897. The molecule has 0 bridgehead atoms. The molecule has 2 rings (SSSR count). The maximum Gasteiger partial charge on any atom is 0.256 e. The number of nitrogens with zero attached hydrogens (tertiary/aromatic N) is 1. The third-order valence-corrected chi connectivity index (χ3v) is 2.76. The smallest absolute Gasteiger partial charge is 0.256 e. The van der Waals surface area contributed by atoms with Crippen LogP contribution in [0.15, 0.2) is 30.3 Å². The highest BCUT2D eigenvalue weighted by Gasteiger charge is 2.09. The molecular formula is C15H15FN2O. The number of hydrogen-bond donors (Lipinski definition) is 1.